The smallest absolute Gasteiger partial charge is 0.220 e. The van der Waals surface area contributed by atoms with Gasteiger partial charge in [0.25, 0.3) is 0 Å². The molecule has 49 heavy (non-hydrogen) atoms. The van der Waals surface area contributed by atoms with E-state index in [9.17, 15) is 14.5 Å². The van der Waals surface area contributed by atoms with Gasteiger partial charge in [-0.1, -0.05) is 205 Å². The molecule has 2 N–H and O–H groups in total. The van der Waals surface area contributed by atoms with Crippen LogP contribution in [-0.4, -0.2) is 38.1 Å². The highest BCUT2D eigenvalue weighted by atomic mass is 32.5. The second-order valence-electron chi connectivity index (χ2n) is 14.4. The van der Waals surface area contributed by atoms with Crippen LogP contribution in [0.15, 0.2) is 0 Å². The molecule has 2 amide bonds. The lowest BCUT2D eigenvalue weighted by Gasteiger charge is -2.30. The topological polar surface area (TPSA) is 99.7 Å². The molecule has 0 aromatic heterocycles. The maximum absolute atomic E-state index is 12.4. The minimum Gasteiger partial charge on any atom is -0.780 e. The molecule has 0 aromatic rings. The van der Waals surface area contributed by atoms with E-state index in [0.717, 1.165) is 38.5 Å². The van der Waals surface area contributed by atoms with Gasteiger partial charge in [0.1, 0.15) is 6.72 Å². The molecule has 0 saturated heterocycles. The molecule has 0 radical (unpaired) electrons. The largest absolute Gasteiger partial charge is 0.780 e. The van der Waals surface area contributed by atoms with Crippen LogP contribution in [0.1, 0.15) is 219 Å². The fourth-order valence-electron chi connectivity index (χ4n) is 6.32. The minimum atomic E-state index is -3.68. The molecule has 0 spiro atoms. The van der Waals surface area contributed by atoms with Gasteiger partial charge in [-0.3, -0.25) is 9.59 Å². The Labute approximate surface area is 309 Å². The van der Waals surface area contributed by atoms with Crippen LogP contribution in [-0.2, 0) is 30.4 Å². The van der Waals surface area contributed by atoms with Crippen molar-refractivity contribution in [1.82, 2.24) is 10.6 Å². The molecule has 0 aliphatic rings. The SMILES string of the molecule is CCCCCCCCCCCCCCCCCC(=O)NCC(CNC(=O)CCCCCCCCCCCCCCCCC)OP([O-])(=S)OC. The molecule has 1 atom stereocenters. The summed E-state index contributed by atoms with van der Waals surface area (Å²) in [6, 6.07) is 0. The molecule has 0 aliphatic heterocycles. The Balaban J connectivity index is 3.89. The zero-order valence-corrected chi connectivity index (χ0v) is 34.2. The molecule has 0 aliphatic carbocycles. The van der Waals surface area contributed by atoms with E-state index in [1.165, 1.54) is 161 Å². The van der Waals surface area contributed by atoms with Gasteiger partial charge in [-0.05, 0) is 12.8 Å². The third-order valence-electron chi connectivity index (χ3n) is 9.57. The minimum absolute atomic E-state index is 0.0657. The van der Waals surface area contributed by atoms with Crippen LogP contribution in [0.3, 0.4) is 0 Å². The quantitative estimate of drug-likeness (QED) is 0.0482. The van der Waals surface area contributed by atoms with Crippen molar-refractivity contribution in [3.8, 4) is 0 Å². The maximum atomic E-state index is 12.4. The molecule has 0 rings (SSSR count). The molecule has 0 heterocycles. The summed E-state index contributed by atoms with van der Waals surface area (Å²) in [7, 11) is 1.24. The van der Waals surface area contributed by atoms with Crippen LogP contribution in [0.2, 0.25) is 0 Å². The average molecular weight is 732 g/mol. The average Bonchev–Trinajstić information content (AvgIpc) is 3.09. The van der Waals surface area contributed by atoms with E-state index in [1.807, 2.05) is 0 Å². The number of amides is 2. The highest BCUT2D eigenvalue weighted by Gasteiger charge is 2.17. The second-order valence-corrected chi connectivity index (χ2v) is 17.2. The summed E-state index contributed by atoms with van der Waals surface area (Å²) in [5.41, 5.74) is 0. The van der Waals surface area contributed by atoms with Crippen LogP contribution in [0.25, 0.3) is 0 Å². The fourth-order valence-corrected chi connectivity index (χ4v) is 7.28. The van der Waals surface area contributed by atoms with E-state index in [2.05, 4.69) is 24.5 Å². The van der Waals surface area contributed by atoms with Gasteiger partial charge >= 0.3 is 0 Å². The Morgan fingerprint density at radius 1 is 0.510 bits per heavy atom. The van der Waals surface area contributed by atoms with Crippen molar-refractivity contribution in [3.63, 3.8) is 0 Å². The van der Waals surface area contributed by atoms with Crippen LogP contribution in [0.5, 0.6) is 0 Å². The summed E-state index contributed by atoms with van der Waals surface area (Å²) in [5, 5.41) is 5.73. The van der Waals surface area contributed by atoms with Crippen molar-refractivity contribution in [2.24, 2.45) is 0 Å². The predicted octanol–water partition coefficient (Wildman–Crippen LogP) is 11.4. The molecule has 0 saturated carbocycles. The highest BCUT2D eigenvalue weighted by molar-refractivity contribution is 8.06. The van der Waals surface area contributed by atoms with Gasteiger partial charge in [-0.15, -0.1) is 0 Å². The standard InChI is InChI=1S/C40H81N2O5PS/c1-4-6-8-10-12-14-16-18-20-22-24-26-28-30-32-34-39(43)41-36-38(47-48(45,49)46-3)37-42-40(44)35-33-31-29-27-25-23-21-19-17-15-13-11-9-7-5-2/h38H,4-37H2,1-3H3,(H,41,43)(H,42,44)(H,45,49)/p-1. The van der Waals surface area contributed by atoms with Gasteiger partial charge in [-0.2, -0.15) is 0 Å². The van der Waals surface area contributed by atoms with Crippen molar-refractivity contribution in [1.29, 1.82) is 0 Å². The molecule has 0 fully saturated rings. The molecule has 0 bridgehead atoms. The van der Waals surface area contributed by atoms with Gasteiger partial charge in [0.15, 0.2) is 0 Å². The number of unbranched alkanes of at least 4 members (excludes halogenated alkanes) is 28. The summed E-state index contributed by atoms with van der Waals surface area (Å²) < 4.78 is 10.3. The Bertz CT molecular complexity index is 738. The van der Waals surface area contributed by atoms with E-state index < -0.39 is 12.8 Å². The molecule has 7 nitrogen and oxygen atoms in total. The first kappa shape index (κ1) is 48.5. The zero-order valence-electron chi connectivity index (χ0n) is 32.5. The number of hydrogen-bond acceptors (Lipinski definition) is 6. The second kappa shape index (κ2) is 37.2. The highest BCUT2D eigenvalue weighted by Crippen LogP contribution is 2.38. The zero-order chi connectivity index (χ0) is 36.1. The molecule has 1 unspecified atom stereocenters. The van der Waals surface area contributed by atoms with Crippen molar-refractivity contribution in [3.05, 3.63) is 0 Å². The van der Waals surface area contributed by atoms with E-state index in [-0.39, 0.29) is 24.9 Å². The Morgan fingerprint density at radius 2 is 0.755 bits per heavy atom. The van der Waals surface area contributed by atoms with Gasteiger partial charge in [0.05, 0.1) is 6.10 Å². The van der Waals surface area contributed by atoms with Crippen LogP contribution in [0, 0.1) is 0 Å². The van der Waals surface area contributed by atoms with Crippen molar-refractivity contribution in [2.45, 2.75) is 225 Å². The van der Waals surface area contributed by atoms with E-state index in [1.54, 1.807) is 0 Å². The summed E-state index contributed by atoms with van der Waals surface area (Å²) in [4.78, 5) is 37.2. The van der Waals surface area contributed by atoms with Gasteiger partial charge in [0.2, 0.25) is 11.8 Å². The maximum Gasteiger partial charge on any atom is 0.220 e. The molecule has 292 valence electrons. The monoisotopic (exact) mass is 732 g/mol. The van der Waals surface area contributed by atoms with Gasteiger partial charge in [-0.25, -0.2) is 0 Å². The first-order valence-corrected chi connectivity index (χ1v) is 23.5. The Kier molecular flexibility index (Phi) is 36.8. The van der Waals surface area contributed by atoms with Crippen molar-refractivity contribution in [2.75, 3.05) is 20.2 Å². The predicted molar refractivity (Wildman–Crippen MR) is 211 cm³/mol. The van der Waals surface area contributed by atoms with Crippen LogP contribution in [0.4, 0.5) is 0 Å². The van der Waals surface area contributed by atoms with Crippen molar-refractivity contribution >= 4 is 30.3 Å². The Morgan fingerprint density at radius 3 is 1.00 bits per heavy atom. The van der Waals surface area contributed by atoms with E-state index >= 15 is 0 Å². The van der Waals surface area contributed by atoms with Gasteiger partial charge in [0, 0.05) is 33.0 Å². The summed E-state index contributed by atoms with van der Waals surface area (Å²) in [5.74, 6) is -0.131. The molecule has 9 heteroatoms. The lowest BCUT2D eigenvalue weighted by atomic mass is 10.0. The number of hydrogen-bond donors (Lipinski definition) is 2. The summed E-state index contributed by atoms with van der Waals surface area (Å²) in [6.07, 6.45) is 38.8. The normalized spacial score (nSPS) is 12.8. The number of carbonyl (C=O) groups excluding carboxylic acids is 2. The third kappa shape index (κ3) is 37.0. The first-order valence-electron chi connectivity index (χ1n) is 20.9. The van der Waals surface area contributed by atoms with E-state index in [0.29, 0.717) is 12.8 Å². The summed E-state index contributed by atoms with van der Waals surface area (Å²) >= 11 is 4.91. The fraction of sp³-hybridized carbons (Fsp3) is 0.950. The lowest BCUT2D eigenvalue weighted by molar-refractivity contribution is -0.208. The van der Waals surface area contributed by atoms with Crippen LogP contribution < -0.4 is 15.5 Å². The van der Waals surface area contributed by atoms with Crippen molar-refractivity contribution < 1.29 is 23.5 Å². The number of rotatable bonds is 39. The lowest BCUT2D eigenvalue weighted by Crippen LogP contribution is -2.41. The van der Waals surface area contributed by atoms with Crippen LogP contribution >= 0.6 is 6.72 Å². The third-order valence-corrected chi connectivity index (χ3v) is 11.3. The molecular weight excluding hydrogens is 651 g/mol. The molecular formula is C40H80N2O5PS-. The summed E-state index contributed by atoms with van der Waals surface area (Å²) in [6.45, 7) is 1.11. The Hall–Kier alpha value is -0.530. The van der Waals surface area contributed by atoms with Gasteiger partial charge < -0.3 is 24.6 Å². The van der Waals surface area contributed by atoms with E-state index in [4.69, 9.17) is 20.9 Å². The first-order chi connectivity index (χ1) is 23.8. The number of nitrogens with one attached hydrogen (secondary N) is 2. The number of carbonyl (C=O) groups is 2. The molecule has 0 aromatic carbocycles.